The number of ether oxygens (including phenoxy) is 2. The van der Waals surface area contributed by atoms with Crippen molar-refractivity contribution in [2.75, 3.05) is 14.2 Å². The molecule has 0 heterocycles. The average Bonchev–Trinajstić information content (AvgIpc) is 2.46. The van der Waals surface area contributed by atoms with E-state index < -0.39 is 0 Å². The number of carbonyl (C=O) groups excluding carboxylic acids is 1. The first-order valence-corrected chi connectivity index (χ1v) is 7.37. The zero-order valence-corrected chi connectivity index (χ0v) is 13.3. The van der Waals surface area contributed by atoms with Gasteiger partial charge in [0.25, 0.3) is 0 Å². The number of rotatable bonds is 3. The maximum absolute atomic E-state index is 11.7. The molecular formula is C18H24O3. The minimum absolute atomic E-state index is 0.231. The molecule has 0 saturated heterocycles. The fourth-order valence-electron chi connectivity index (χ4n) is 3.09. The molecule has 0 aliphatic heterocycles. The summed E-state index contributed by atoms with van der Waals surface area (Å²) in [6.45, 7) is 4.50. The van der Waals surface area contributed by atoms with Crippen LogP contribution in [0, 0.1) is 5.41 Å². The highest BCUT2D eigenvalue weighted by Gasteiger charge is 2.32. The van der Waals surface area contributed by atoms with E-state index in [1.54, 1.807) is 13.2 Å². The van der Waals surface area contributed by atoms with Gasteiger partial charge in [0.2, 0.25) is 0 Å². The van der Waals surface area contributed by atoms with E-state index in [1.165, 1.54) is 12.7 Å². The van der Waals surface area contributed by atoms with Crippen LogP contribution >= 0.6 is 0 Å². The molecule has 0 spiro atoms. The van der Waals surface area contributed by atoms with Gasteiger partial charge in [0.1, 0.15) is 5.75 Å². The molecule has 3 heteroatoms. The molecular weight excluding hydrogens is 264 g/mol. The number of methoxy groups -OCH3 is 2. The lowest BCUT2D eigenvalue weighted by atomic mass is 9.68. The number of hydrogen-bond acceptors (Lipinski definition) is 3. The monoisotopic (exact) mass is 288 g/mol. The Labute approximate surface area is 127 Å². The standard InChI is InChI=1S/C18H24O3/c1-18(2)9-8-16(14(12-18)11-17(19)21-4)13-6-5-7-15(10-13)20-3/h5-7,10-11,16H,8-9,12H2,1-4H3. The van der Waals surface area contributed by atoms with Gasteiger partial charge in [-0.3, -0.25) is 0 Å². The van der Waals surface area contributed by atoms with Gasteiger partial charge in [0.15, 0.2) is 0 Å². The summed E-state index contributed by atoms with van der Waals surface area (Å²) >= 11 is 0. The lowest BCUT2D eigenvalue weighted by molar-refractivity contribution is -0.134. The van der Waals surface area contributed by atoms with Crippen LogP contribution in [0.2, 0.25) is 0 Å². The molecule has 0 N–H and O–H groups in total. The molecule has 3 nitrogen and oxygen atoms in total. The largest absolute Gasteiger partial charge is 0.497 e. The summed E-state index contributed by atoms with van der Waals surface area (Å²) < 4.78 is 10.1. The molecule has 1 aromatic rings. The molecule has 1 saturated carbocycles. The minimum atomic E-state index is -0.268. The highest BCUT2D eigenvalue weighted by Crippen LogP contribution is 2.46. The molecule has 2 rings (SSSR count). The van der Waals surface area contributed by atoms with Crippen molar-refractivity contribution in [3.8, 4) is 5.75 Å². The van der Waals surface area contributed by atoms with Gasteiger partial charge in [-0.25, -0.2) is 4.79 Å². The molecule has 21 heavy (non-hydrogen) atoms. The van der Waals surface area contributed by atoms with Crippen LogP contribution in [0.1, 0.15) is 44.6 Å². The van der Waals surface area contributed by atoms with Crippen LogP contribution in [0.4, 0.5) is 0 Å². The van der Waals surface area contributed by atoms with Gasteiger partial charge in [-0.2, -0.15) is 0 Å². The van der Waals surface area contributed by atoms with E-state index in [9.17, 15) is 4.79 Å². The van der Waals surface area contributed by atoms with Gasteiger partial charge in [-0.15, -0.1) is 0 Å². The van der Waals surface area contributed by atoms with Gasteiger partial charge >= 0.3 is 5.97 Å². The van der Waals surface area contributed by atoms with Crippen LogP contribution in [0.25, 0.3) is 0 Å². The molecule has 1 unspecified atom stereocenters. The number of allylic oxidation sites excluding steroid dienone is 1. The normalized spacial score (nSPS) is 22.9. The van der Waals surface area contributed by atoms with Crippen LogP contribution in [-0.4, -0.2) is 20.2 Å². The minimum Gasteiger partial charge on any atom is -0.497 e. The first-order valence-electron chi connectivity index (χ1n) is 7.37. The van der Waals surface area contributed by atoms with Crippen molar-refractivity contribution in [3.05, 3.63) is 41.5 Å². The van der Waals surface area contributed by atoms with Crippen LogP contribution in [0.15, 0.2) is 35.9 Å². The van der Waals surface area contributed by atoms with E-state index >= 15 is 0 Å². The van der Waals surface area contributed by atoms with E-state index in [0.29, 0.717) is 0 Å². The third kappa shape index (κ3) is 3.87. The van der Waals surface area contributed by atoms with Crippen molar-refractivity contribution in [1.82, 2.24) is 0 Å². The fraction of sp³-hybridized carbons (Fsp3) is 0.500. The first kappa shape index (κ1) is 15.6. The summed E-state index contributed by atoms with van der Waals surface area (Å²) in [7, 11) is 3.10. The molecule has 0 aromatic heterocycles. The summed E-state index contributed by atoms with van der Waals surface area (Å²) in [5.74, 6) is 0.859. The predicted molar refractivity (Wildman–Crippen MR) is 83.5 cm³/mol. The zero-order valence-electron chi connectivity index (χ0n) is 13.3. The second-order valence-electron chi connectivity index (χ2n) is 6.45. The molecule has 0 radical (unpaired) electrons. The van der Waals surface area contributed by atoms with Crippen molar-refractivity contribution in [2.45, 2.75) is 39.0 Å². The highest BCUT2D eigenvalue weighted by atomic mass is 16.5. The third-order valence-electron chi connectivity index (χ3n) is 4.24. The number of esters is 1. The number of hydrogen-bond donors (Lipinski definition) is 0. The maximum Gasteiger partial charge on any atom is 0.330 e. The summed E-state index contributed by atoms with van der Waals surface area (Å²) in [5.41, 5.74) is 2.60. The molecule has 0 amide bonds. The topological polar surface area (TPSA) is 35.5 Å². The Morgan fingerprint density at radius 2 is 2.10 bits per heavy atom. The second-order valence-corrected chi connectivity index (χ2v) is 6.45. The quantitative estimate of drug-likeness (QED) is 0.621. The van der Waals surface area contributed by atoms with E-state index in [2.05, 4.69) is 26.0 Å². The fourth-order valence-corrected chi connectivity index (χ4v) is 3.09. The first-order chi connectivity index (χ1) is 9.95. The van der Waals surface area contributed by atoms with E-state index in [1.807, 2.05) is 12.1 Å². The maximum atomic E-state index is 11.7. The van der Waals surface area contributed by atoms with E-state index in [0.717, 1.165) is 30.6 Å². The van der Waals surface area contributed by atoms with Crippen molar-refractivity contribution in [3.63, 3.8) is 0 Å². The Balaban J connectivity index is 2.34. The summed E-state index contributed by atoms with van der Waals surface area (Å²) in [5, 5.41) is 0. The second kappa shape index (κ2) is 6.33. The Morgan fingerprint density at radius 1 is 1.33 bits per heavy atom. The zero-order chi connectivity index (χ0) is 15.5. The summed E-state index contributed by atoms with van der Waals surface area (Å²) in [6, 6.07) is 8.12. The Hall–Kier alpha value is -1.77. The Bertz CT molecular complexity index is 543. The van der Waals surface area contributed by atoms with Crippen molar-refractivity contribution >= 4 is 5.97 Å². The van der Waals surface area contributed by atoms with Gasteiger partial charge in [0, 0.05) is 12.0 Å². The van der Waals surface area contributed by atoms with Crippen LogP contribution < -0.4 is 4.74 Å². The molecule has 1 aliphatic rings. The third-order valence-corrected chi connectivity index (χ3v) is 4.24. The molecule has 0 bridgehead atoms. The summed E-state index contributed by atoms with van der Waals surface area (Å²) in [6.07, 6.45) is 4.78. The molecule has 1 fully saturated rings. The van der Waals surface area contributed by atoms with Crippen LogP contribution in [0.3, 0.4) is 0 Å². The average molecular weight is 288 g/mol. The van der Waals surface area contributed by atoms with E-state index in [4.69, 9.17) is 9.47 Å². The molecule has 1 aliphatic carbocycles. The highest BCUT2D eigenvalue weighted by molar-refractivity contribution is 5.83. The van der Waals surface area contributed by atoms with Gasteiger partial charge in [0.05, 0.1) is 14.2 Å². The van der Waals surface area contributed by atoms with Crippen molar-refractivity contribution in [2.24, 2.45) is 5.41 Å². The van der Waals surface area contributed by atoms with Crippen LogP contribution in [-0.2, 0) is 9.53 Å². The van der Waals surface area contributed by atoms with Crippen molar-refractivity contribution < 1.29 is 14.3 Å². The smallest absolute Gasteiger partial charge is 0.330 e. The Kier molecular flexibility index (Phi) is 4.71. The molecule has 1 aromatic carbocycles. The van der Waals surface area contributed by atoms with E-state index in [-0.39, 0.29) is 17.3 Å². The predicted octanol–water partition coefficient (Wildman–Crippen LogP) is 4.09. The SMILES string of the molecule is COC(=O)C=C1CC(C)(C)CCC1c1cccc(OC)c1. The van der Waals surface area contributed by atoms with Crippen LogP contribution in [0.5, 0.6) is 5.75 Å². The van der Waals surface area contributed by atoms with Gasteiger partial charge in [-0.1, -0.05) is 31.6 Å². The van der Waals surface area contributed by atoms with Crippen molar-refractivity contribution in [1.29, 1.82) is 0 Å². The number of benzene rings is 1. The van der Waals surface area contributed by atoms with Gasteiger partial charge in [-0.05, 0) is 42.4 Å². The Morgan fingerprint density at radius 3 is 2.76 bits per heavy atom. The molecule has 114 valence electrons. The lowest BCUT2D eigenvalue weighted by Gasteiger charge is -2.37. The summed E-state index contributed by atoms with van der Waals surface area (Å²) in [4.78, 5) is 11.7. The van der Waals surface area contributed by atoms with Gasteiger partial charge < -0.3 is 9.47 Å². The number of carbonyl (C=O) groups is 1. The molecule has 1 atom stereocenters. The lowest BCUT2D eigenvalue weighted by Crippen LogP contribution is -2.23.